The summed E-state index contributed by atoms with van der Waals surface area (Å²) < 4.78 is 37.8. The van der Waals surface area contributed by atoms with Crippen LogP contribution in [0.2, 0.25) is 0 Å². The van der Waals surface area contributed by atoms with Crippen molar-refractivity contribution in [3.05, 3.63) is 17.7 Å². The van der Waals surface area contributed by atoms with Gasteiger partial charge in [0.1, 0.15) is 17.4 Å². The molecule has 2 rings (SSSR count). The quantitative estimate of drug-likeness (QED) is 0.658. The molecule has 0 bridgehead atoms. The maximum absolute atomic E-state index is 12.1. The number of nitrogens with zero attached hydrogens (tertiary/aromatic N) is 4. The normalized spacial score (nSPS) is 12.0. The summed E-state index contributed by atoms with van der Waals surface area (Å²) in [7, 11) is 1.65. The maximum Gasteiger partial charge on any atom is 0.389 e. The Morgan fingerprint density at radius 2 is 2.10 bits per heavy atom. The van der Waals surface area contributed by atoms with Gasteiger partial charge in [-0.05, 0) is 6.42 Å². The van der Waals surface area contributed by atoms with E-state index >= 15 is 0 Å². The number of nitrogens with two attached hydrogens (primary N) is 1. The van der Waals surface area contributed by atoms with Crippen molar-refractivity contribution in [2.45, 2.75) is 25.4 Å². The highest BCUT2D eigenvalue weighted by Crippen LogP contribution is 2.22. The monoisotopic (exact) mass is 286 g/mol. The summed E-state index contributed by atoms with van der Waals surface area (Å²) in [6.07, 6.45) is -3.65. The Balaban J connectivity index is 2.30. The number of alkyl halides is 3. The van der Waals surface area contributed by atoms with E-state index in [0.717, 1.165) is 0 Å². The molecule has 0 aliphatic rings. The lowest BCUT2D eigenvalue weighted by atomic mass is 10.2. The van der Waals surface area contributed by atoms with Crippen molar-refractivity contribution in [1.29, 1.82) is 5.41 Å². The van der Waals surface area contributed by atoms with Crippen LogP contribution >= 0.6 is 0 Å². The molecule has 0 aromatic carbocycles. The van der Waals surface area contributed by atoms with Crippen LogP contribution < -0.4 is 5.73 Å². The average Bonchev–Trinajstić information content (AvgIpc) is 2.69. The van der Waals surface area contributed by atoms with E-state index in [1.807, 2.05) is 0 Å². The van der Waals surface area contributed by atoms with Crippen LogP contribution in [0.5, 0.6) is 0 Å². The predicted molar refractivity (Wildman–Crippen MR) is 66.3 cm³/mol. The van der Waals surface area contributed by atoms with Gasteiger partial charge in [-0.15, -0.1) is 0 Å². The Labute approximate surface area is 112 Å². The number of nitrogens with one attached hydrogen (secondary N) is 1. The number of fused-ring (bicyclic) bond motifs is 1. The largest absolute Gasteiger partial charge is 0.389 e. The molecule has 0 unspecified atom stereocenters. The lowest BCUT2D eigenvalue weighted by Gasteiger charge is -2.07. The molecule has 0 amide bonds. The third-order valence-electron chi connectivity index (χ3n) is 2.75. The SMILES string of the molecule is Cn1ncc2c(C(=N)N)nc(CCCC(F)(F)F)nc21. The molecule has 0 saturated heterocycles. The Kier molecular flexibility index (Phi) is 3.60. The van der Waals surface area contributed by atoms with Crippen molar-refractivity contribution in [3.63, 3.8) is 0 Å². The highest BCUT2D eigenvalue weighted by atomic mass is 19.4. The van der Waals surface area contributed by atoms with Crippen LogP contribution in [0.4, 0.5) is 13.2 Å². The van der Waals surface area contributed by atoms with Gasteiger partial charge in [-0.2, -0.15) is 18.3 Å². The first-order valence-electron chi connectivity index (χ1n) is 5.87. The minimum atomic E-state index is -4.19. The summed E-state index contributed by atoms with van der Waals surface area (Å²) >= 11 is 0. The van der Waals surface area contributed by atoms with Crippen molar-refractivity contribution >= 4 is 16.9 Å². The zero-order chi connectivity index (χ0) is 14.9. The summed E-state index contributed by atoms with van der Waals surface area (Å²) in [4.78, 5) is 8.22. The predicted octanol–water partition coefficient (Wildman–Crippen LogP) is 1.53. The molecule has 2 aromatic heterocycles. The third-order valence-corrected chi connectivity index (χ3v) is 2.75. The van der Waals surface area contributed by atoms with Crippen LogP contribution in [0.3, 0.4) is 0 Å². The van der Waals surface area contributed by atoms with Gasteiger partial charge in [-0.25, -0.2) is 9.97 Å². The van der Waals surface area contributed by atoms with Gasteiger partial charge in [0.15, 0.2) is 5.65 Å². The fourth-order valence-corrected chi connectivity index (χ4v) is 1.83. The highest BCUT2D eigenvalue weighted by molar-refractivity contribution is 6.03. The van der Waals surface area contributed by atoms with E-state index in [1.54, 1.807) is 7.05 Å². The smallest absolute Gasteiger partial charge is 0.382 e. The van der Waals surface area contributed by atoms with Gasteiger partial charge in [-0.3, -0.25) is 10.1 Å². The van der Waals surface area contributed by atoms with Crippen LogP contribution in [0.25, 0.3) is 11.0 Å². The number of aromatic nitrogens is 4. The fourth-order valence-electron chi connectivity index (χ4n) is 1.83. The third kappa shape index (κ3) is 3.03. The van der Waals surface area contributed by atoms with Crippen LogP contribution in [0.1, 0.15) is 24.4 Å². The number of rotatable bonds is 4. The molecule has 6 nitrogen and oxygen atoms in total. The number of hydrogen-bond acceptors (Lipinski definition) is 4. The van der Waals surface area contributed by atoms with Crippen LogP contribution in [-0.2, 0) is 13.5 Å². The Morgan fingerprint density at radius 1 is 1.40 bits per heavy atom. The molecule has 0 radical (unpaired) electrons. The van der Waals surface area contributed by atoms with Gasteiger partial charge in [0.2, 0.25) is 0 Å². The highest BCUT2D eigenvalue weighted by Gasteiger charge is 2.26. The van der Waals surface area contributed by atoms with Crippen molar-refractivity contribution < 1.29 is 13.2 Å². The number of hydrogen-bond donors (Lipinski definition) is 2. The van der Waals surface area contributed by atoms with E-state index in [4.69, 9.17) is 11.1 Å². The molecular weight excluding hydrogens is 273 g/mol. The first-order valence-corrected chi connectivity index (χ1v) is 5.87. The number of nitrogen functional groups attached to an aromatic ring is 1. The molecule has 0 aliphatic heterocycles. The lowest BCUT2D eigenvalue weighted by molar-refractivity contribution is -0.135. The van der Waals surface area contributed by atoms with Crippen LogP contribution in [0, 0.1) is 5.41 Å². The van der Waals surface area contributed by atoms with E-state index in [0.29, 0.717) is 11.0 Å². The van der Waals surface area contributed by atoms with E-state index in [9.17, 15) is 13.2 Å². The van der Waals surface area contributed by atoms with Gasteiger partial charge >= 0.3 is 6.18 Å². The van der Waals surface area contributed by atoms with Crippen molar-refractivity contribution in [2.75, 3.05) is 0 Å². The molecule has 0 fully saturated rings. The molecule has 0 atom stereocenters. The van der Waals surface area contributed by atoms with Crippen molar-refractivity contribution in [1.82, 2.24) is 19.7 Å². The van der Waals surface area contributed by atoms with Gasteiger partial charge in [0.25, 0.3) is 0 Å². The molecule has 3 N–H and O–H groups in total. The van der Waals surface area contributed by atoms with E-state index in [-0.39, 0.29) is 30.2 Å². The lowest BCUT2D eigenvalue weighted by Crippen LogP contribution is -2.16. The molecule has 108 valence electrons. The topological polar surface area (TPSA) is 93.5 Å². The Morgan fingerprint density at radius 3 is 2.70 bits per heavy atom. The molecule has 2 aromatic rings. The molecular formula is C11H13F3N6. The first-order chi connectivity index (χ1) is 9.28. The molecule has 0 spiro atoms. The second-order valence-electron chi connectivity index (χ2n) is 4.38. The maximum atomic E-state index is 12.1. The standard InChI is InChI=1S/C11H13F3N6/c1-20-10-6(5-17-20)8(9(15)16)18-7(19-10)3-2-4-11(12,13)14/h5H,2-4H2,1H3,(H3,15,16). The summed E-state index contributed by atoms with van der Waals surface area (Å²) in [5.41, 5.74) is 6.08. The van der Waals surface area contributed by atoms with Crippen LogP contribution in [-0.4, -0.2) is 31.8 Å². The van der Waals surface area contributed by atoms with E-state index in [1.165, 1.54) is 10.9 Å². The van der Waals surface area contributed by atoms with Crippen molar-refractivity contribution in [2.24, 2.45) is 12.8 Å². The summed E-state index contributed by atoms with van der Waals surface area (Å²) in [6, 6.07) is 0. The molecule has 0 aliphatic carbocycles. The molecule has 0 saturated carbocycles. The summed E-state index contributed by atoms with van der Waals surface area (Å²) in [5, 5.41) is 12.0. The minimum Gasteiger partial charge on any atom is -0.382 e. The number of amidine groups is 1. The second-order valence-corrected chi connectivity index (χ2v) is 4.38. The van der Waals surface area contributed by atoms with Gasteiger partial charge in [0.05, 0.1) is 11.6 Å². The van der Waals surface area contributed by atoms with Crippen molar-refractivity contribution in [3.8, 4) is 0 Å². The van der Waals surface area contributed by atoms with Crippen LogP contribution in [0.15, 0.2) is 6.20 Å². The molecule has 20 heavy (non-hydrogen) atoms. The van der Waals surface area contributed by atoms with E-state index in [2.05, 4.69) is 15.1 Å². The minimum absolute atomic E-state index is 0.0703. The van der Waals surface area contributed by atoms with Gasteiger partial charge in [-0.1, -0.05) is 0 Å². The zero-order valence-electron chi connectivity index (χ0n) is 10.7. The summed E-state index contributed by atoms with van der Waals surface area (Å²) in [6.45, 7) is 0. The number of aryl methyl sites for hydroxylation is 2. The molecule has 2 heterocycles. The Bertz CT molecular complexity index is 645. The first kappa shape index (κ1) is 14.2. The average molecular weight is 286 g/mol. The number of halogens is 3. The van der Waals surface area contributed by atoms with Gasteiger partial charge < -0.3 is 5.73 Å². The van der Waals surface area contributed by atoms with E-state index < -0.39 is 12.6 Å². The summed E-state index contributed by atoms with van der Waals surface area (Å²) in [5.74, 6) is -0.0296. The molecule has 9 heteroatoms. The fraction of sp³-hybridized carbons (Fsp3) is 0.455. The zero-order valence-corrected chi connectivity index (χ0v) is 10.7. The Hall–Kier alpha value is -2.19. The van der Waals surface area contributed by atoms with Gasteiger partial charge in [0, 0.05) is 19.9 Å². The second kappa shape index (κ2) is 5.06.